The number of hydrogen-bond donors (Lipinski definition) is 2. The monoisotopic (exact) mass is 348 g/mol. The van der Waals surface area contributed by atoms with Gasteiger partial charge in [0.25, 0.3) is 0 Å². The Bertz CT molecular complexity index is 674. The van der Waals surface area contributed by atoms with Gasteiger partial charge >= 0.3 is 6.03 Å². The lowest BCUT2D eigenvalue weighted by molar-refractivity contribution is 0.247. The summed E-state index contributed by atoms with van der Waals surface area (Å²) in [5.41, 5.74) is 1.63. The van der Waals surface area contributed by atoms with Gasteiger partial charge in [-0.3, -0.25) is 0 Å². The summed E-state index contributed by atoms with van der Waals surface area (Å²) >= 11 is 5.89. The third-order valence-corrected chi connectivity index (χ3v) is 3.46. The van der Waals surface area contributed by atoms with Gasteiger partial charge in [0.1, 0.15) is 18.1 Å². The summed E-state index contributed by atoms with van der Waals surface area (Å²) in [7, 11) is 0. The number of aryl methyl sites for hydroxylation is 1. The molecule has 0 heterocycles. The minimum absolute atomic E-state index is 0.282. The summed E-state index contributed by atoms with van der Waals surface area (Å²) < 4.78 is 10.9. The summed E-state index contributed by atoms with van der Waals surface area (Å²) in [6, 6.07) is 12.4. The lowest BCUT2D eigenvalue weighted by Crippen LogP contribution is -2.32. The van der Waals surface area contributed by atoms with Crippen molar-refractivity contribution in [3.8, 4) is 11.5 Å². The van der Waals surface area contributed by atoms with E-state index in [2.05, 4.69) is 10.6 Å². The van der Waals surface area contributed by atoms with Crippen LogP contribution in [0, 0.1) is 6.92 Å². The zero-order valence-electron chi connectivity index (χ0n) is 13.8. The highest BCUT2D eigenvalue weighted by molar-refractivity contribution is 6.30. The Hall–Kier alpha value is -2.40. The van der Waals surface area contributed by atoms with E-state index in [1.165, 1.54) is 0 Å². The quantitative estimate of drug-likeness (QED) is 0.735. The minimum atomic E-state index is -0.282. The first-order valence-electron chi connectivity index (χ1n) is 7.75. The summed E-state index contributed by atoms with van der Waals surface area (Å²) in [4.78, 5) is 11.9. The molecular weight excluding hydrogens is 328 g/mol. The van der Waals surface area contributed by atoms with Gasteiger partial charge < -0.3 is 20.1 Å². The Balaban J connectivity index is 1.70. The van der Waals surface area contributed by atoms with E-state index in [0.717, 1.165) is 22.7 Å². The molecule has 0 aliphatic heterocycles. The zero-order valence-corrected chi connectivity index (χ0v) is 14.5. The molecule has 128 valence electrons. The molecule has 2 N–H and O–H groups in total. The van der Waals surface area contributed by atoms with Gasteiger partial charge in [0.05, 0.1) is 13.2 Å². The Labute approximate surface area is 146 Å². The Morgan fingerprint density at radius 2 is 1.75 bits per heavy atom. The van der Waals surface area contributed by atoms with Crippen molar-refractivity contribution >= 4 is 23.3 Å². The van der Waals surface area contributed by atoms with Crippen molar-refractivity contribution in [1.82, 2.24) is 5.32 Å². The third kappa shape index (κ3) is 5.66. The van der Waals surface area contributed by atoms with Crippen LogP contribution in [0.4, 0.5) is 10.5 Å². The van der Waals surface area contributed by atoms with E-state index in [-0.39, 0.29) is 6.03 Å². The molecule has 2 aromatic carbocycles. The molecule has 24 heavy (non-hydrogen) atoms. The molecule has 5 nitrogen and oxygen atoms in total. The molecule has 0 aromatic heterocycles. The predicted octanol–water partition coefficient (Wildman–Crippen LogP) is 4.25. The molecule has 6 heteroatoms. The Kier molecular flexibility index (Phi) is 6.75. The third-order valence-electron chi connectivity index (χ3n) is 3.23. The van der Waals surface area contributed by atoms with Crippen molar-refractivity contribution in [2.24, 2.45) is 0 Å². The summed E-state index contributed by atoms with van der Waals surface area (Å²) in [6.07, 6.45) is 0. The second-order valence-electron chi connectivity index (χ2n) is 5.09. The van der Waals surface area contributed by atoms with Crippen molar-refractivity contribution in [2.75, 3.05) is 25.1 Å². The Morgan fingerprint density at radius 3 is 2.38 bits per heavy atom. The average Bonchev–Trinajstić information content (AvgIpc) is 2.56. The van der Waals surface area contributed by atoms with Crippen LogP contribution in [0.15, 0.2) is 42.5 Å². The van der Waals surface area contributed by atoms with Crippen molar-refractivity contribution in [3.63, 3.8) is 0 Å². The highest BCUT2D eigenvalue weighted by atomic mass is 35.5. The maximum absolute atomic E-state index is 11.9. The topological polar surface area (TPSA) is 59.6 Å². The fourth-order valence-corrected chi connectivity index (χ4v) is 2.29. The van der Waals surface area contributed by atoms with Crippen LogP contribution >= 0.6 is 11.6 Å². The molecule has 2 amide bonds. The van der Waals surface area contributed by atoms with E-state index >= 15 is 0 Å². The summed E-state index contributed by atoms with van der Waals surface area (Å²) in [6.45, 7) is 5.22. The van der Waals surface area contributed by atoms with Crippen LogP contribution in [-0.2, 0) is 0 Å². The molecule has 0 aliphatic rings. The molecule has 0 spiro atoms. The van der Waals surface area contributed by atoms with Gasteiger partial charge in [0.15, 0.2) is 0 Å². The summed E-state index contributed by atoms with van der Waals surface area (Å²) in [5.74, 6) is 1.54. The predicted molar refractivity (Wildman–Crippen MR) is 96.3 cm³/mol. The molecule has 0 atom stereocenters. The number of ether oxygens (including phenoxy) is 2. The molecule has 0 saturated heterocycles. The number of carbonyl (C=O) groups is 1. The maximum atomic E-state index is 11.9. The molecule has 0 radical (unpaired) electrons. The van der Waals surface area contributed by atoms with Crippen molar-refractivity contribution in [2.45, 2.75) is 13.8 Å². The van der Waals surface area contributed by atoms with E-state index in [4.69, 9.17) is 21.1 Å². The normalized spacial score (nSPS) is 10.1. The second-order valence-corrected chi connectivity index (χ2v) is 5.53. The van der Waals surface area contributed by atoms with E-state index in [0.29, 0.717) is 24.8 Å². The van der Waals surface area contributed by atoms with Gasteiger partial charge in [-0.1, -0.05) is 11.6 Å². The first-order chi connectivity index (χ1) is 11.6. The molecule has 0 unspecified atom stereocenters. The highest BCUT2D eigenvalue weighted by Crippen LogP contribution is 2.19. The van der Waals surface area contributed by atoms with Crippen molar-refractivity contribution < 1.29 is 14.3 Å². The maximum Gasteiger partial charge on any atom is 0.319 e. The summed E-state index contributed by atoms with van der Waals surface area (Å²) in [5, 5.41) is 6.16. The van der Waals surface area contributed by atoms with Crippen LogP contribution in [0.2, 0.25) is 5.02 Å². The number of nitrogens with one attached hydrogen (secondary N) is 2. The molecule has 2 rings (SSSR count). The van der Waals surface area contributed by atoms with Crippen LogP contribution in [-0.4, -0.2) is 25.8 Å². The number of urea groups is 1. The zero-order chi connectivity index (χ0) is 17.4. The molecule has 0 saturated carbocycles. The van der Waals surface area contributed by atoms with Gasteiger partial charge in [-0.25, -0.2) is 4.79 Å². The average molecular weight is 349 g/mol. The SMILES string of the molecule is CCOc1ccc(OCCNC(=O)Nc2ccc(Cl)cc2C)cc1. The van der Waals surface area contributed by atoms with Crippen LogP contribution in [0.3, 0.4) is 0 Å². The number of rotatable bonds is 7. The fraction of sp³-hybridized carbons (Fsp3) is 0.278. The lowest BCUT2D eigenvalue weighted by Gasteiger charge is -2.11. The van der Waals surface area contributed by atoms with Crippen LogP contribution in [0.1, 0.15) is 12.5 Å². The standard InChI is InChI=1S/C18H21ClN2O3/c1-3-23-15-5-7-16(8-6-15)24-11-10-20-18(22)21-17-9-4-14(19)12-13(17)2/h4-9,12H,3,10-11H2,1-2H3,(H2,20,21,22). The second kappa shape index (κ2) is 9.03. The molecule has 0 bridgehead atoms. The van der Waals surface area contributed by atoms with Crippen molar-refractivity contribution in [3.05, 3.63) is 53.1 Å². The van der Waals surface area contributed by atoms with Crippen LogP contribution < -0.4 is 20.1 Å². The molecule has 0 aliphatic carbocycles. The van der Waals surface area contributed by atoms with Gasteiger partial charge in [-0.2, -0.15) is 0 Å². The number of halogens is 1. The fourth-order valence-electron chi connectivity index (χ4n) is 2.07. The largest absolute Gasteiger partial charge is 0.494 e. The van der Waals surface area contributed by atoms with E-state index in [1.807, 2.05) is 38.1 Å². The Morgan fingerprint density at radius 1 is 1.08 bits per heavy atom. The number of amides is 2. The van der Waals surface area contributed by atoms with Gasteiger partial charge in [0, 0.05) is 10.7 Å². The van der Waals surface area contributed by atoms with Crippen LogP contribution in [0.25, 0.3) is 0 Å². The highest BCUT2D eigenvalue weighted by Gasteiger charge is 2.04. The van der Waals surface area contributed by atoms with E-state index < -0.39 is 0 Å². The minimum Gasteiger partial charge on any atom is -0.494 e. The lowest BCUT2D eigenvalue weighted by atomic mass is 10.2. The number of anilines is 1. The van der Waals surface area contributed by atoms with Crippen molar-refractivity contribution in [1.29, 1.82) is 0 Å². The smallest absolute Gasteiger partial charge is 0.319 e. The first-order valence-corrected chi connectivity index (χ1v) is 8.13. The van der Waals surface area contributed by atoms with Gasteiger partial charge in [0.2, 0.25) is 0 Å². The first kappa shape index (κ1) is 17.9. The molecule has 2 aromatic rings. The van der Waals surface area contributed by atoms with E-state index in [9.17, 15) is 4.79 Å². The molecular formula is C18H21ClN2O3. The van der Waals surface area contributed by atoms with E-state index in [1.54, 1.807) is 18.2 Å². The molecule has 0 fully saturated rings. The number of benzene rings is 2. The number of hydrogen-bond acceptors (Lipinski definition) is 3. The van der Waals surface area contributed by atoms with Crippen LogP contribution in [0.5, 0.6) is 11.5 Å². The number of carbonyl (C=O) groups excluding carboxylic acids is 1. The van der Waals surface area contributed by atoms with Gasteiger partial charge in [-0.05, 0) is 61.9 Å². The van der Waals surface area contributed by atoms with Gasteiger partial charge in [-0.15, -0.1) is 0 Å².